The van der Waals surface area contributed by atoms with E-state index in [4.69, 9.17) is 23.2 Å². The average molecular weight is 333 g/mol. The monoisotopic (exact) mass is 331 g/mol. The highest BCUT2D eigenvalue weighted by Gasteiger charge is 2.11. The van der Waals surface area contributed by atoms with Gasteiger partial charge in [0.05, 0.1) is 15.6 Å². The Morgan fingerprint density at radius 2 is 1.94 bits per heavy atom. The molecule has 1 nitrogen and oxygen atoms in total. The second-order valence-corrected chi connectivity index (χ2v) is 6.11. The normalized spacial score (nSPS) is 11.4. The fourth-order valence-electron chi connectivity index (χ4n) is 1.79. The van der Waals surface area contributed by atoms with Crippen molar-refractivity contribution in [3.63, 3.8) is 0 Å². The van der Waals surface area contributed by atoms with Gasteiger partial charge in [0.1, 0.15) is 0 Å². The van der Waals surface area contributed by atoms with E-state index in [1.54, 1.807) is 0 Å². The number of nitrogens with zero attached hydrogens (tertiary/aromatic N) is 1. The van der Waals surface area contributed by atoms with E-state index in [-0.39, 0.29) is 0 Å². The zero-order chi connectivity index (χ0) is 12.6. The fraction of sp³-hybridized carbons (Fsp3) is 0.308. The van der Waals surface area contributed by atoms with Gasteiger partial charge in [-0.1, -0.05) is 53.0 Å². The van der Waals surface area contributed by atoms with Crippen LogP contribution in [0.25, 0.3) is 10.9 Å². The van der Waals surface area contributed by atoms with Crippen molar-refractivity contribution in [1.29, 1.82) is 0 Å². The molecule has 4 heteroatoms. The van der Waals surface area contributed by atoms with Gasteiger partial charge in [-0.15, -0.1) is 0 Å². The highest BCUT2D eigenvalue weighted by molar-refractivity contribution is 9.10. The highest BCUT2D eigenvalue weighted by atomic mass is 79.9. The van der Waals surface area contributed by atoms with Crippen molar-refractivity contribution in [1.82, 2.24) is 4.98 Å². The minimum atomic E-state index is 0.543. The van der Waals surface area contributed by atoms with Gasteiger partial charge in [-0.05, 0) is 30.5 Å². The minimum absolute atomic E-state index is 0.543. The number of aromatic nitrogens is 1. The Bertz CT molecular complexity index is 567. The summed E-state index contributed by atoms with van der Waals surface area (Å²) in [5.41, 5.74) is 1.75. The van der Waals surface area contributed by atoms with Crippen LogP contribution in [0.5, 0.6) is 0 Å². The molecule has 1 aromatic carbocycles. The van der Waals surface area contributed by atoms with Gasteiger partial charge in [-0.2, -0.15) is 0 Å². The first-order chi connectivity index (χ1) is 7.99. The van der Waals surface area contributed by atoms with Gasteiger partial charge in [0.2, 0.25) is 0 Å². The largest absolute Gasteiger partial charge is 0.251 e. The maximum Gasteiger partial charge on any atom is 0.0917 e. The molecule has 0 aliphatic rings. The summed E-state index contributed by atoms with van der Waals surface area (Å²) in [5, 5.41) is 2.21. The van der Waals surface area contributed by atoms with Crippen LogP contribution in [0, 0.1) is 5.92 Å². The second kappa shape index (κ2) is 5.13. The molecule has 0 bridgehead atoms. The smallest absolute Gasteiger partial charge is 0.0917 e. The van der Waals surface area contributed by atoms with E-state index >= 15 is 0 Å². The Morgan fingerprint density at radius 3 is 2.59 bits per heavy atom. The summed E-state index contributed by atoms with van der Waals surface area (Å²) in [7, 11) is 0. The maximum atomic E-state index is 6.29. The molecule has 0 atom stereocenters. The van der Waals surface area contributed by atoms with Gasteiger partial charge in [0, 0.05) is 15.6 Å². The molecule has 1 heterocycles. The molecule has 1 aromatic heterocycles. The van der Waals surface area contributed by atoms with Crippen molar-refractivity contribution in [2.75, 3.05) is 0 Å². The van der Waals surface area contributed by atoms with Gasteiger partial charge in [0.25, 0.3) is 0 Å². The molecular weight excluding hydrogens is 321 g/mol. The summed E-state index contributed by atoms with van der Waals surface area (Å²) in [6.07, 6.45) is 0.901. The van der Waals surface area contributed by atoms with E-state index in [9.17, 15) is 0 Å². The Hall–Kier alpha value is -0.310. The van der Waals surface area contributed by atoms with Crippen LogP contribution in [0.1, 0.15) is 19.5 Å². The van der Waals surface area contributed by atoms with Crippen LogP contribution < -0.4 is 0 Å². The molecular formula is C13H12BrCl2N. The van der Waals surface area contributed by atoms with Crippen molar-refractivity contribution in [3.05, 3.63) is 38.4 Å². The molecule has 0 amide bonds. The zero-order valence-corrected chi connectivity index (χ0v) is 12.7. The number of benzene rings is 1. The average Bonchev–Trinajstić information content (AvgIpc) is 2.22. The summed E-state index contributed by atoms with van der Waals surface area (Å²) in [6, 6.07) is 5.64. The zero-order valence-electron chi connectivity index (χ0n) is 9.60. The molecule has 17 heavy (non-hydrogen) atoms. The first kappa shape index (κ1) is 13.1. The van der Waals surface area contributed by atoms with Crippen molar-refractivity contribution < 1.29 is 0 Å². The van der Waals surface area contributed by atoms with Crippen LogP contribution in [-0.2, 0) is 6.42 Å². The van der Waals surface area contributed by atoms with Gasteiger partial charge < -0.3 is 0 Å². The summed E-state index contributed by atoms with van der Waals surface area (Å²) in [4.78, 5) is 4.59. The molecule has 0 aliphatic carbocycles. The lowest BCUT2D eigenvalue weighted by molar-refractivity contribution is 0.637. The van der Waals surface area contributed by atoms with Crippen molar-refractivity contribution >= 4 is 50.0 Å². The lowest BCUT2D eigenvalue weighted by Gasteiger charge is -2.09. The van der Waals surface area contributed by atoms with Crippen LogP contribution in [0.3, 0.4) is 0 Å². The molecule has 0 fully saturated rings. The third kappa shape index (κ3) is 2.75. The lowest BCUT2D eigenvalue weighted by Crippen LogP contribution is -1.98. The number of pyridine rings is 1. The Balaban J connectivity index is 2.68. The predicted molar refractivity (Wildman–Crippen MR) is 78.0 cm³/mol. The molecule has 0 spiro atoms. The summed E-state index contributed by atoms with van der Waals surface area (Å²) < 4.78 is 0.922. The molecule has 0 radical (unpaired) electrons. The van der Waals surface area contributed by atoms with Crippen molar-refractivity contribution in [2.45, 2.75) is 20.3 Å². The summed E-state index contributed by atoms with van der Waals surface area (Å²) >= 11 is 15.9. The van der Waals surface area contributed by atoms with E-state index in [0.29, 0.717) is 16.0 Å². The van der Waals surface area contributed by atoms with Crippen LogP contribution in [0.15, 0.2) is 22.7 Å². The molecule has 0 saturated carbocycles. The van der Waals surface area contributed by atoms with E-state index in [1.165, 1.54) is 0 Å². The topological polar surface area (TPSA) is 12.9 Å². The molecule has 90 valence electrons. The number of rotatable bonds is 2. The van der Waals surface area contributed by atoms with Gasteiger partial charge in [0.15, 0.2) is 0 Å². The predicted octanol–water partition coefficient (Wildman–Crippen LogP) is 5.50. The van der Waals surface area contributed by atoms with Gasteiger partial charge in [-0.25, -0.2) is 0 Å². The summed E-state index contributed by atoms with van der Waals surface area (Å²) in [5.74, 6) is 0.543. The molecule has 0 saturated heterocycles. The first-order valence-corrected chi connectivity index (χ1v) is 6.97. The maximum absolute atomic E-state index is 6.29. The van der Waals surface area contributed by atoms with Crippen LogP contribution in [0.2, 0.25) is 10.0 Å². The number of halogens is 3. The second-order valence-electron chi connectivity index (χ2n) is 4.45. The Morgan fingerprint density at radius 1 is 1.24 bits per heavy atom. The number of hydrogen-bond acceptors (Lipinski definition) is 1. The fourth-order valence-corrected chi connectivity index (χ4v) is 2.96. The SMILES string of the molecule is CC(C)Cc1cc(Cl)c2c(Br)ccc(Cl)c2n1. The molecule has 2 aromatic rings. The Labute approximate surface area is 119 Å². The van der Waals surface area contributed by atoms with E-state index < -0.39 is 0 Å². The first-order valence-electron chi connectivity index (χ1n) is 5.42. The molecule has 2 rings (SSSR count). The molecule has 0 N–H and O–H groups in total. The minimum Gasteiger partial charge on any atom is -0.251 e. The highest BCUT2D eigenvalue weighted by Crippen LogP contribution is 2.34. The molecule has 0 aliphatic heterocycles. The molecule has 0 unspecified atom stereocenters. The third-order valence-electron chi connectivity index (χ3n) is 2.48. The van der Waals surface area contributed by atoms with E-state index in [0.717, 1.165) is 27.5 Å². The van der Waals surface area contributed by atoms with Crippen LogP contribution in [-0.4, -0.2) is 4.98 Å². The van der Waals surface area contributed by atoms with Crippen molar-refractivity contribution in [2.24, 2.45) is 5.92 Å². The third-order valence-corrected chi connectivity index (χ3v) is 3.75. The van der Waals surface area contributed by atoms with Crippen molar-refractivity contribution in [3.8, 4) is 0 Å². The van der Waals surface area contributed by atoms with Crippen LogP contribution in [0.4, 0.5) is 0 Å². The van der Waals surface area contributed by atoms with Gasteiger partial charge >= 0.3 is 0 Å². The Kier molecular flexibility index (Phi) is 3.96. The quantitative estimate of drug-likeness (QED) is 0.707. The van der Waals surface area contributed by atoms with E-state index in [1.807, 2.05) is 18.2 Å². The van der Waals surface area contributed by atoms with Crippen LogP contribution >= 0.6 is 39.1 Å². The van der Waals surface area contributed by atoms with E-state index in [2.05, 4.69) is 34.8 Å². The van der Waals surface area contributed by atoms with Gasteiger partial charge in [-0.3, -0.25) is 4.98 Å². The standard InChI is InChI=1S/C13H12BrCl2N/c1-7(2)5-8-6-11(16)12-9(14)3-4-10(15)13(12)17-8/h3-4,6-7H,5H2,1-2H3. The number of hydrogen-bond donors (Lipinski definition) is 0. The number of fused-ring (bicyclic) bond motifs is 1. The lowest BCUT2D eigenvalue weighted by atomic mass is 10.1. The summed E-state index contributed by atoms with van der Waals surface area (Å²) in [6.45, 7) is 4.31.